The molecular formula is C39H49Cl2NO4. The summed E-state index contributed by atoms with van der Waals surface area (Å²) in [4.78, 5) is 27.2. The van der Waals surface area contributed by atoms with Crippen LogP contribution in [0.2, 0.25) is 10.0 Å². The average Bonchev–Trinajstić information content (AvgIpc) is 3.05. The molecule has 0 saturated heterocycles. The maximum atomic E-state index is 13.2. The summed E-state index contributed by atoms with van der Waals surface area (Å²) in [5.41, 5.74) is 2.82. The summed E-state index contributed by atoms with van der Waals surface area (Å²) in [6, 6.07) is 13.4. The molecule has 2 aliphatic rings. The van der Waals surface area contributed by atoms with Crippen molar-refractivity contribution in [3.63, 3.8) is 0 Å². The first kappa shape index (κ1) is 35.8. The van der Waals surface area contributed by atoms with Gasteiger partial charge in [-0.05, 0) is 36.2 Å². The minimum atomic E-state index is -0.352. The normalized spacial score (nSPS) is 11.5. The number of nitrogens with zero attached hydrogens (tertiary/aromatic N) is 1. The Morgan fingerprint density at radius 1 is 0.739 bits per heavy atom. The Morgan fingerprint density at radius 3 is 1.85 bits per heavy atom. The van der Waals surface area contributed by atoms with Gasteiger partial charge in [-0.15, -0.1) is 0 Å². The molecule has 4 rings (SSSR count). The molecule has 5 nitrogen and oxygen atoms in total. The lowest BCUT2D eigenvalue weighted by Gasteiger charge is -2.18. The first-order valence-electron chi connectivity index (χ1n) is 17.2. The predicted molar refractivity (Wildman–Crippen MR) is 193 cm³/mol. The van der Waals surface area contributed by atoms with Gasteiger partial charge in [0.1, 0.15) is 17.1 Å². The van der Waals surface area contributed by atoms with Crippen LogP contribution in [0.25, 0.3) is 33.4 Å². The third-order valence-electron chi connectivity index (χ3n) is 8.96. The molecule has 1 aliphatic heterocycles. The maximum absolute atomic E-state index is 13.2. The van der Waals surface area contributed by atoms with E-state index >= 15 is 0 Å². The Balaban J connectivity index is 1.23. The molecule has 0 atom stereocenters. The van der Waals surface area contributed by atoms with E-state index in [1.807, 2.05) is 31.3 Å². The van der Waals surface area contributed by atoms with Gasteiger partial charge in [-0.3, -0.25) is 9.59 Å². The third-order valence-corrected chi connectivity index (χ3v) is 9.55. The molecule has 2 aromatic carbocycles. The van der Waals surface area contributed by atoms with Crippen LogP contribution in [0.4, 0.5) is 0 Å². The number of phenolic OH excluding ortho intramolecular Hbond substituents is 1. The number of phenols is 1. The number of fused-ring (bicyclic) bond motifs is 2. The fraction of sp³-hybridized carbons (Fsp3) is 0.487. The lowest BCUT2D eigenvalue weighted by molar-refractivity contribution is 0.0792. The van der Waals surface area contributed by atoms with Gasteiger partial charge < -0.3 is 14.4 Å². The summed E-state index contributed by atoms with van der Waals surface area (Å²) in [7, 11) is 1.86. The Labute approximate surface area is 284 Å². The summed E-state index contributed by atoms with van der Waals surface area (Å²) < 4.78 is 5.94. The Morgan fingerprint density at radius 2 is 1.28 bits per heavy atom. The zero-order chi connectivity index (χ0) is 32.9. The second-order valence-electron chi connectivity index (χ2n) is 12.7. The highest BCUT2D eigenvalue weighted by Crippen LogP contribution is 2.43. The number of amides is 1. The molecule has 7 heteroatoms. The standard InChI is InChI=1S/C39H49Cl2NO4/c1-3-4-5-6-7-8-9-10-11-12-13-14-15-16-17-18-23-42(2)39(45)29-21-19-28(20-22-29)38-30-24-32(40)34(43)26-36(30)46-37-27-35(44)33(41)25-31(37)38/h19-22,24-27,43H,3-18,23H2,1-2H3. The van der Waals surface area contributed by atoms with Crippen molar-refractivity contribution in [2.24, 2.45) is 0 Å². The lowest BCUT2D eigenvalue weighted by atomic mass is 9.93. The summed E-state index contributed by atoms with van der Waals surface area (Å²) in [5, 5.41) is 11.1. The maximum Gasteiger partial charge on any atom is 0.253 e. The lowest BCUT2D eigenvalue weighted by Crippen LogP contribution is -2.27. The predicted octanol–water partition coefficient (Wildman–Crippen LogP) is 11.9. The van der Waals surface area contributed by atoms with Crippen LogP contribution in [0.1, 0.15) is 120 Å². The van der Waals surface area contributed by atoms with Crippen molar-refractivity contribution in [2.45, 2.75) is 110 Å². The highest BCUT2D eigenvalue weighted by Gasteiger charge is 2.21. The minimum absolute atomic E-state index is 0.0164. The second-order valence-corrected chi connectivity index (χ2v) is 13.5. The van der Waals surface area contributed by atoms with Crippen LogP contribution in [-0.2, 0) is 0 Å². The van der Waals surface area contributed by atoms with E-state index in [-0.39, 0.29) is 27.1 Å². The van der Waals surface area contributed by atoms with Gasteiger partial charge >= 0.3 is 0 Å². The van der Waals surface area contributed by atoms with Gasteiger partial charge in [-0.25, -0.2) is 0 Å². The van der Waals surface area contributed by atoms with Crippen molar-refractivity contribution in [1.29, 1.82) is 0 Å². The number of hydrogen-bond donors (Lipinski definition) is 1. The van der Waals surface area contributed by atoms with Gasteiger partial charge in [0.25, 0.3) is 5.91 Å². The smallest absolute Gasteiger partial charge is 0.253 e. The molecule has 0 aromatic heterocycles. The molecule has 1 N–H and O–H groups in total. The molecule has 1 heterocycles. The summed E-state index contributed by atoms with van der Waals surface area (Å²) in [6.07, 6.45) is 21.2. The van der Waals surface area contributed by atoms with Crippen LogP contribution >= 0.6 is 23.2 Å². The van der Waals surface area contributed by atoms with Gasteiger partial charge in [-0.2, -0.15) is 0 Å². The monoisotopic (exact) mass is 665 g/mol. The number of benzene rings is 3. The van der Waals surface area contributed by atoms with E-state index in [4.69, 9.17) is 27.6 Å². The molecule has 2 aromatic rings. The van der Waals surface area contributed by atoms with Crippen molar-refractivity contribution >= 4 is 40.1 Å². The van der Waals surface area contributed by atoms with E-state index in [0.717, 1.165) is 30.5 Å². The van der Waals surface area contributed by atoms with E-state index in [1.165, 1.54) is 102 Å². The quantitative estimate of drug-likeness (QED) is 0.0799. The topological polar surface area (TPSA) is 70.8 Å². The van der Waals surface area contributed by atoms with Gasteiger partial charge in [0, 0.05) is 47.8 Å². The molecule has 0 bridgehead atoms. The Hall–Kier alpha value is -3.02. The first-order valence-corrected chi connectivity index (χ1v) is 18.0. The zero-order valence-electron chi connectivity index (χ0n) is 27.5. The minimum Gasteiger partial charge on any atom is -0.506 e. The van der Waals surface area contributed by atoms with Crippen molar-refractivity contribution in [3.05, 3.63) is 74.4 Å². The fourth-order valence-electron chi connectivity index (χ4n) is 6.21. The molecule has 46 heavy (non-hydrogen) atoms. The molecule has 248 valence electrons. The van der Waals surface area contributed by atoms with E-state index in [9.17, 15) is 14.7 Å². The summed E-state index contributed by atoms with van der Waals surface area (Å²) in [5.74, 6) is 0.211. The van der Waals surface area contributed by atoms with Crippen molar-refractivity contribution in [1.82, 2.24) is 4.90 Å². The number of carbonyl (C=O) groups is 1. The molecule has 0 radical (unpaired) electrons. The van der Waals surface area contributed by atoms with Crippen LogP contribution in [0.3, 0.4) is 0 Å². The highest BCUT2D eigenvalue weighted by molar-refractivity contribution is 6.33. The SMILES string of the molecule is CCCCCCCCCCCCCCCCCCN(C)C(=O)c1ccc(-c2c3cc(Cl)c(=O)cc-3oc3cc(O)c(Cl)cc23)cc1. The average molecular weight is 667 g/mol. The molecule has 0 spiro atoms. The molecular weight excluding hydrogens is 617 g/mol. The van der Waals surface area contributed by atoms with Crippen molar-refractivity contribution in [2.75, 3.05) is 13.6 Å². The molecule has 0 unspecified atom stereocenters. The molecule has 0 saturated carbocycles. The summed E-state index contributed by atoms with van der Waals surface area (Å²) in [6.45, 7) is 3.00. The van der Waals surface area contributed by atoms with E-state index in [2.05, 4.69) is 6.92 Å². The van der Waals surface area contributed by atoms with Gasteiger partial charge in [0.15, 0.2) is 0 Å². The second kappa shape index (κ2) is 18.4. The Bertz CT molecular complexity index is 1580. The van der Waals surface area contributed by atoms with Crippen LogP contribution < -0.4 is 5.43 Å². The van der Waals surface area contributed by atoms with Crippen LogP contribution in [0.15, 0.2) is 57.7 Å². The number of halogens is 2. The van der Waals surface area contributed by atoms with Gasteiger partial charge in [0.2, 0.25) is 5.43 Å². The number of carbonyl (C=O) groups excluding carboxylic acids is 1. The van der Waals surface area contributed by atoms with Crippen molar-refractivity contribution < 1.29 is 14.3 Å². The highest BCUT2D eigenvalue weighted by atomic mass is 35.5. The molecule has 0 fully saturated rings. The number of hydrogen-bond acceptors (Lipinski definition) is 4. The van der Waals surface area contributed by atoms with Gasteiger partial charge in [-0.1, -0.05) is 139 Å². The largest absolute Gasteiger partial charge is 0.506 e. The molecule has 1 aliphatic carbocycles. The van der Waals surface area contributed by atoms with Crippen LogP contribution in [0.5, 0.6) is 5.75 Å². The van der Waals surface area contributed by atoms with E-state index < -0.39 is 0 Å². The van der Waals surface area contributed by atoms with E-state index in [0.29, 0.717) is 27.9 Å². The fourth-order valence-corrected chi connectivity index (χ4v) is 6.54. The molecule has 1 amide bonds. The van der Waals surface area contributed by atoms with E-state index in [1.54, 1.807) is 17.0 Å². The number of unbranched alkanes of at least 4 members (excludes halogenated alkanes) is 15. The summed E-state index contributed by atoms with van der Waals surface area (Å²) >= 11 is 12.5. The van der Waals surface area contributed by atoms with Crippen LogP contribution in [0, 0.1) is 0 Å². The number of rotatable bonds is 19. The first-order chi connectivity index (χ1) is 22.3. The van der Waals surface area contributed by atoms with Crippen molar-refractivity contribution in [3.8, 4) is 28.2 Å². The third kappa shape index (κ3) is 9.99. The Kier molecular flexibility index (Phi) is 14.3. The number of aromatic hydroxyl groups is 1. The van der Waals surface area contributed by atoms with Gasteiger partial charge in [0.05, 0.1) is 10.0 Å². The van der Waals surface area contributed by atoms with Crippen LogP contribution in [-0.4, -0.2) is 29.5 Å². The zero-order valence-corrected chi connectivity index (χ0v) is 29.0.